The number of hydrogen-bond acceptors (Lipinski definition) is 3. The van der Waals surface area contributed by atoms with Crippen molar-refractivity contribution in [1.29, 1.82) is 0 Å². The Bertz CT molecular complexity index is 228. The fourth-order valence-corrected chi connectivity index (χ4v) is 0.681. The predicted molar refractivity (Wildman–Crippen MR) is 39.4 cm³/mol. The number of hydrogen-bond donors (Lipinski definition) is 0. The van der Waals surface area contributed by atoms with Crippen molar-refractivity contribution in [3.05, 3.63) is 24.2 Å². The summed E-state index contributed by atoms with van der Waals surface area (Å²) in [5, 5.41) is 0. The van der Waals surface area contributed by atoms with Crippen molar-refractivity contribution < 1.29 is 13.9 Å². The number of rotatable bonds is 2. The van der Waals surface area contributed by atoms with Gasteiger partial charge in [-0.15, -0.1) is 0 Å². The van der Waals surface area contributed by atoms with E-state index in [9.17, 15) is 4.79 Å². The summed E-state index contributed by atoms with van der Waals surface area (Å²) in [5.74, 6) is -0.380. The minimum absolute atomic E-state index is 0.164. The van der Waals surface area contributed by atoms with Gasteiger partial charge in [0.2, 0.25) is 5.76 Å². The summed E-state index contributed by atoms with van der Waals surface area (Å²) in [6.45, 7) is 1.56. The Hall–Kier alpha value is -0.960. The maximum Gasteiger partial charge on any atom is 0.375 e. The largest absolute Gasteiger partial charge is 0.457 e. The highest BCUT2D eigenvalue weighted by molar-refractivity contribution is 6.20. The van der Waals surface area contributed by atoms with Crippen molar-refractivity contribution in [2.45, 2.75) is 12.5 Å². The lowest BCUT2D eigenvalue weighted by Crippen LogP contribution is -2.08. The van der Waals surface area contributed by atoms with Crippen LogP contribution in [0.1, 0.15) is 17.5 Å². The summed E-state index contributed by atoms with van der Waals surface area (Å²) < 4.78 is 9.39. The molecule has 3 nitrogen and oxygen atoms in total. The number of ether oxygens (including phenoxy) is 1. The van der Waals surface area contributed by atoms with Crippen molar-refractivity contribution >= 4 is 17.6 Å². The molecule has 1 aromatic rings. The van der Waals surface area contributed by atoms with E-state index in [-0.39, 0.29) is 5.76 Å². The first kappa shape index (κ1) is 8.14. The zero-order valence-electron chi connectivity index (χ0n) is 5.91. The molecule has 0 aliphatic carbocycles. The van der Waals surface area contributed by atoms with Gasteiger partial charge in [0.05, 0.1) is 6.26 Å². The van der Waals surface area contributed by atoms with Crippen LogP contribution in [0.2, 0.25) is 0 Å². The predicted octanol–water partition coefficient (Wildman–Crippen LogP) is 2.02. The normalized spacial score (nSPS) is 12.5. The summed E-state index contributed by atoms with van der Waals surface area (Å²) in [5.41, 5.74) is -0.632. The van der Waals surface area contributed by atoms with Gasteiger partial charge >= 0.3 is 5.97 Å². The van der Waals surface area contributed by atoms with Crippen LogP contribution in [0.25, 0.3) is 0 Å². The van der Waals surface area contributed by atoms with Crippen LogP contribution in [-0.2, 0) is 4.74 Å². The number of halogens is 1. The molecule has 0 bridgehead atoms. The molecule has 4 heteroatoms. The van der Waals surface area contributed by atoms with Crippen molar-refractivity contribution in [1.82, 2.24) is 0 Å². The molecule has 0 aromatic carbocycles. The summed E-state index contributed by atoms with van der Waals surface area (Å²) in [7, 11) is 0. The molecule has 1 unspecified atom stereocenters. The van der Waals surface area contributed by atoms with E-state index in [0.717, 1.165) is 0 Å². The lowest BCUT2D eigenvalue weighted by Gasteiger charge is -2.02. The fourth-order valence-electron chi connectivity index (χ4n) is 0.600. The molecular formula is C7H7ClO3. The van der Waals surface area contributed by atoms with Gasteiger partial charge in [-0.05, 0) is 19.1 Å². The van der Waals surface area contributed by atoms with Crippen molar-refractivity contribution in [2.24, 2.45) is 0 Å². The third-order valence-electron chi connectivity index (χ3n) is 0.992. The minimum Gasteiger partial charge on any atom is -0.457 e. The monoisotopic (exact) mass is 174 g/mol. The third kappa shape index (κ3) is 2.27. The SMILES string of the molecule is CC(Cl)OC(=O)c1ccco1. The van der Waals surface area contributed by atoms with Crippen LogP contribution in [0.4, 0.5) is 0 Å². The average molecular weight is 175 g/mol. The molecule has 0 aliphatic rings. The molecule has 1 atom stereocenters. The van der Waals surface area contributed by atoms with E-state index >= 15 is 0 Å². The van der Waals surface area contributed by atoms with Crippen LogP contribution >= 0.6 is 11.6 Å². The lowest BCUT2D eigenvalue weighted by molar-refractivity contribution is 0.0435. The van der Waals surface area contributed by atoms with Gasteiger partial charge in [-0.1, -0.05) is 11.6 Å². The first-order valence-electron chi connectivity index (χ1n) is 3.08. The Morgan fingerprint density at radius 3 is 3.00 bits per heavy atom. The zero-order chi connectivity index (χ0) is 8.27. The number of carbonyl (C=O) groups is 1. The van der Waals surface area contributed by atoms with Gasteiger partial charge in [-0.2, -0.15) is 0 Å². The highest BCUT2D eigenvalue weighted by Crippen LogP contribution is 2.05. The first-order chi connectivity index (χ1) is 5.20. The molecule has 60 valence electrons. The number of furan rings is 1. The molecular weight excluding hydrogens is 168 g/mol. The standard InChI is InChI=1S/C7H7ClO3/c1-5(8)11-7(9)6-3-2-4-10-6/h2-5H,1H3. The maximum absolute atomic E-state index is 10.9. The van der Waals surface area contributed by atoms with E-state index in [1.807, 2.05) is 0 Å². The van der Waals surface area contributed by atoms with E-state index in [2.05, 4.69) is 4.74 Å². The minimum atomic E-state index is -0.632. The molecule has 11 heavy (non-hydrogen) atoms. The number of carbonyl (C=O) groups excluding carboxylic acids is 1. The number of esters is 1. The Morgan fingerprint density at radius 1 is 1.82 bits per heavy atom. The summed E-state index contributed by atoms with van der Waals surface area (Å²) in [4.78, 5) is 10.9. The van der Waals surface area contributed by atoms with Gasteiger partial charge in [0.25, 0.3) is 0 Å². The zero-order valence-corrected chi connectivity index (χ0v) is 6.67. The van der Waals surface area contributed by atoms with E-state index in [1.165, 1.54) is 12.3 Å². The average Bonchev–Trinajstić information content (AvgIpc) is 2.35. The molecule has 0 amide bonds. The van der Waals surface area contributed by atoms with Crippen molar-refractivity contribution in [3.8, 4) is 0 Å². The lowest BCUT2D eigenvalue weighted by atomic mass is 10.5. The molecule has 1 aromatic heterocycles. The molecule has 0 spiro atoms. The fraction of sp³-hybridized carbons (Fsp3) is 0.286. The van der Waals surface area contributed by atoms with Crippen LogP contribution in [0.5, 0.6) is 0 Å². The second-order valence-corrected chi connectivity index (χ2v) is 2.54. The molecule has 0 saturated carbocycles. The van der Waals surface area contributed by atoms with E-state index < -0.39 is 11.5 Å². The topological polar surface area (TPSA) is 39.4 Å². The van der Waals surface area contributed by atoms with Gasteiger partial charge in [0, 0.05) is 0 Å². The molecule has 0 saturated heterocycles. The summed E-state index contributed by atoms with van der Waals surface area (Å²) in [6, 6.07) is 3.12. The summed E-state index contributed by atoms with van der Waals surface area (Å²) in [6.07, 6.45) is 1.40. The van der Waals surface area contributed by atoms with Gasteiger partial charge in [-0.25, -0.2) is 4.79 Å². The van der Waals surface area contributed by atoms with Crippen LogP contribution in [-0.4, -0.2) is 11.5 Å². The molecule has 0 aliphatic heterocycles. The Balaban J connectivity index is 2.57. The highest BCUT2D eigenvalue weighted by atomic mass is 35.5. The van der Waals surface area contributed by atoms with Gasteiger partial charge < -0.3 is 9.15 Å². The van der Waals surface area contributed by atoms with Crippen molar-refractivity contribution in [3.63, 3.8) is 0 Å². The molecule has 1 rings (SSSR count). The van der Waals surface area contributed by atoms with Crippen LogP contribution < -0.4 is 0 Å². The Morgan fingerprint density at radius 2 is 2.55 bits per heavy atom. The van der Waals surface area contributed by atoms with Crippen LogP contribution in [0, 0.1) is 0 Å². The number of alkyl halides is 1. The molecule has 1 heterocycles. The van der Waals surface area contributed by atoms with E-state index in [0.29, 0.717) is 0 Å². The molecule has 0 N–H and O–H groups in total. The Kier molecular flexibility index (Phi) is 2.54. The van der Waals surface area contributed by atoms with E-state index in [1.54, 1.807) is 13.0 Å². The van der Waals surface area contributed by atoms with Crippen LogP contribution in [0.15, 0.2) is 22.8 Å². The molecule has 0 fully saturated rings. The summed E-state index contributed by atoms with van der Waals surface area (Å²) >= 11 is 5.40. The van der Waals surface area contributed by atoms with Gasteiger partial charge in [-0.3, -0.25) is 0 Å². The third-order valence-corrected chi connectivity index (χ3v) is 1.08. The van der Waals surface area contributed by atoms with Crippen LogP contribution in [0.3, 0.4) is 0 Å². The van der Waals surface area contributed by atoms with E-state index in [4.69, 9.17) is 16.0 Å². The second-order valence-electron chi connectivity index (χ2n) is 1.93. The molecule has 0 radical (unpaired) electrons. The highest BCUT2D eigenvalue weighted by Gasteiger charge is 2.11. The first-order valence-corrected chi connectivity index (χ1v) is 3.52. The second kappa shape index (κ2) is 3.44. The Labute approximate surface area is 68.9 Å². The quantitative estimate of drug-likeness (QED) is 0.509. The van der Waals surface area contributed by atoms with Gasteiger partial charge in [0.1, 0.15) is 0 Å². The van der Waals surface area contributed by atoms with Crippen molar-refractivity contribution in [2.75, 3.05) is 0 Å². The maximum atomic E-state index is 10.9. The smallest absolute Gasteiger partial charge is 0.375 e. The van der Waals surface area contributed by atoms with Gasteiger partial charge in [0.15, 0.2) is 5.56 Å².